The van der Waals surface area contributed by atoms with Gasteiger partial charge in [-0.2, -0.15) is 0 Å². The number of anilines is 2. The first kappa shape index (κ1) is 20.0. The van der Waals surface area contributed by atoms with Gasteiger partial charge in [-0.15, -0.1) is 11.3 Å². The fraction of sp³-hybridized carbons (Fsp3) is 0.150. The summed E-state index contributed by atoms with van der Waals surface area (Å²) in [5, 5.41) is 4.98. The van der Waals surface area contributed by atoms with Crippen LogP contribution in [0.25, 0.3) is 0 Å². The zero-order chi connectivity index (χ0) is 21.1. The maximum absolute atomic E-state index is 12.7. The Labute approximate surface area is 177 Å². The third-order valence-electron chi connectivity index (χ3n) is 4.59. The van der Waals surface area contributed by atoms with E-state index in [1.54, 1.807) is 17.5 Å². The highest BCUT2D eigenvalue weighted by atomic mass is 32.2. The summed E-state index contributed by atoms with van der Waals surface area (Å²) in [6.45, 7) is 0.232. The predicted molar refractivity (Wildman–Crippen MR) is 113 cm³/mol. The van der Waals surface area contributed by atoms with Gasteiger partial charge in [-0.25, -0.2) is 13.4 Å². The quantitative estimate of drug-likeness (QED) is 0.545. The molecule has 2 heterocycles. The number of rotatable bonds is 7. The molecule has 2 N–H and O–H groups in total. The number of carbonyl (C=O) groups excluding carboxylic acids is 2. The maximum Gasteiger partial charge on any atom is 0.263 e. The Morgan fingerprint density at radius 2 is 1.80 bits per heavy atom. The van der Waals surface area contributed by atoms with Crippen molar-refractivity contribution in [2.75, 3.05) is 10.0 Å². The van der Waals surface area contributed by atoms with Crippen molar-refractivity contribution in [3.05, 3.63) is 71.7 Å². The number of nitrogens with zero attached hydrogens (tertiary/aromatic N) is 2. The van der Waals surface area contributed by atoms with Crippen LogP contribution in [0.2, 0.25) is 0 Å². The lowest BCUT2D eigenvalue weighted by atomic mass is 10.2. The van der Waals surface area contributed by atoms with E-state index >= 15 is 0 Å². The zero-order valence-corrected chi connectivity index (χ0v) is 17.3. The summed E-state index contributed by atoms with van der Waals surface area (Å²) in [6.07, 6.45) is 1.56. The molecule has 30 heavy (non-hydrogen) atoms. The van der Waals surface area contributed by atoms with Crippen molar-refractivity contribution in [1.29, 1.82) is 0 Å². The van der Waals surface area contributed by atoms with Crippen LogP contribution in [0.4, 0.5) is 10.8 Å². The summed E-state index contributed by atoms with van der Waals surface area (Å²) in [5.41, 5.74) is 1.43. The monoisotopic (exact) mass is 442 g/mol. The Morgan fingerprint density at radius 3 is 2.47 bits per heavy atom. The normalized spacial score (nSPS) is 16.7. The summed E-state index contributed by atoms with van der Waals surface area (Å²) >= 11 is 1.18. The average molecular weight is 443 g/mol. The summed E-state index contributed by atoms with van der Waals surface area (Å²) in [5.74, 6) is -0.542. The van der Waals surface area contributed by atoms with E-state index in [2.05, 4.69) is 15.0 Å². The molecule has 1 saturated heterocycles. The van der Waals surface area contributed by atoms with E-state index in [0.717, 1.165) is 5.56 Å². The topological polar surface area (TPSA) is 108 Å². The lowest BCUT2D eigenvalue weighted by Crippen LogP contribution is -2.34. The van der Waals surface area contributed by atoms with Crippen molar-refractivity contribution in [1.82, 2.24) is 9.88 Å². The number of hydrogen-bond donors (Lipinski definition) is 2. The molecule has 4 rings (SSSR count). The summed E-state index contributed by atoms with van der Waals surface area (Å²) in [4.78, 5) is 30.2. The smallest absolute Gasteiger partial charge is 0.263 e. The fourth-order valence-corrected chi connectivity index (χ4v) is 4.90. The third-order valence-corrected chi connectivity index (χ3v) is 6.76. The van der Waals surface area contributed by atoms with Gasteiger partial charge in [-0.3, -0.25) is 19.2 Å². The summed E-state index contributed by atoms with van der Waals surface area (Å²) < 4.78 is 27.2. The Bertz CT molecular complexity index is 1150. The summed E-state index contributed by atoms with van der Waals surface area (Å²) in [6, 6.07) is 14.6. The van der Waals surface area contributed by atoms with Gasteiger partial charge in [-0.05, 0) is 29.8 Å². The van der Waals surface area contributed by atoms with E-state index in [1.807, 2.05) is 30.3 Å². The Balaban J connectivity index is 1.42. The number of likely N-dealkylation sites (tertiary alicyclic amines) is 1. The molecule has 2 aromatic carbocycles. The maximum atomic E-state index is 12.7. The van der Waals surface area contributed by atoms with Gasteiger partial charge in [0.1, 0.15) is 6.04 Å². The molecule has 154 valence electrons. The van der Waals surface area contributed by atoms with E-state index in [4.69, 9.17) is 0 Å². The van der Waals surface area contributed by atoms with E-state index in [9.17, 15) is 18.0 Å². The lowest BCUT2D eigenvalue weighted by Gasteiger charge is -2.16. The molecule has 0 aliphatic carbocycles. The molecule has 0 spiro atoms. The molecule has 1 fully saturated rings. The van der Waals surface area contributed by atoms with Gasteiger partial charge in [0.15, 0.2) is 5.13 Å². The van der Waals surface area contributed by atoms with Gasteiger partial charge in [0, 0.05) is 17.3 Å². The van der Waals surface area contributed by atoms with Crippen molar-refractivity contribution < 1.29 is 18.0 Å². The highest BCUT2D eigenvalue weighted by molar-refractivity contribution is 7.93. The third kappa shape index (κ3) is 4.34. The van der Waals surface area contributed by atoms with E-state index in [1.165, 1.54) is 34.6 Å². The predicted octanol–water partition coefficient (Wildman–Crippen LogP) is 2.68. The Kier molecular flexibility index (Phi) is 5.51. The highest BCUT2D eigenvalue weighted by Crippen LogP contribution is 2.23. The molecule has 0 unspecified atom stereocenters. The SMILES string of the molecule is O=C1C[C@@H](Nc2ccc(S(=O)(=O)Nc3nccs3)cc2)C(=O)N1Cc1ccccc1. The molecule has 2 amide bonds. The van der Waals surface area contributed by atoms with Crippen LogP contribution in [0, 0.1) is 0 Å². The Morgan fingerprint density at radius 1 is 1.07 bits per heavy atom. The average Bonchev–Trinajstić information content (AvgIpc) is 3.32. The van der Waals surface area contributed by atoms with Crippen molar-refractivity contribution in [3.8, 4) is 0 Å². The molecule has 0 saturated carbocycles. The number of nitrogens with one attached hydrogen (secondary N) is 2. The highest BCUT2D eigenvalue weighted by Gasteiger charge is 2.38. The van der Waals surface area contributed by atoms with Crippen molar-refractivity contribution in [3.63, 3.8) is 0 Å². The summed E-state index contributed by atoms with van der Waals surface area (Å²) in [7, 11) is -3.75. The van der Waals surface area contributed by atoms with Gasteiger partial charge >= 0.3 is 0 Å². The van der Waals surface area contributed by atoms with Gasteiger partial charge in [0.25, 0.3) is 15.9 Å². The van der Waals surface area contributed by atoms with Crippen LogP contribution >= 0.6 is 11.3 Å². The van der Waals surface area contributed by atoms with E-state index in [0.29, 0.717) is 5.69 Å². The Hall–Kier alpha value is -3.24. The van der Waals surface area contributed by atoms with Crippen LogP contribution in [0.3, 0.4) is 0 Å². The van der Waals surface area contributed by atoms with Crippen LogP contribution in [-0.2, 0) is 26.2 Å². The zero-order valence-electron chi connectivity index (χ0n) is 15.7. The first-order valence-corrected chi connectivity index (χ1v) is 11.5. The number of sulfonamides is 1. The lowest BCUT2D eigenvalue weighted by molar-refractivity contribution is -0.139. The molecule has 1 aliphatic heterocycles. The molecule has 3 aromatic rings. The number of thiazole rings is 1. The minimum Gasteiger partial charge on any atom is -0.373 e. The van der Waals surface area contributed by atoms with Crippen LogP contribution in [0.5, 0.6) is 0 Å². The first-order chi connectivity index (χ1) is 14.4. The second kappa shape index (κ2) is 8.25. The van der Waals surface area contributed by atoms with Crippen LogP contribution < -0.4 is 10.0 Å². The molecule has 0 bridgehead atoms. The molecule has 1 aliphatic rings. The van der Waals surface area contributed by atoms with Crippen LogP contribution in [0.1, 0.15) is 12.0 Å². The minimum absolute atomic E-state index is 0.0529. The number of hydrogen-bond acceptors (Lipinski definition) is 7. The molecule has 1 atom stereocenters. The molecule has 0 radical (unpaired) electrons. The van der Waals surface area contributed by atoms with Crippen LogP contribution in [0.15, 0.2) is 71.1 Å². The van der Waals surface area contributed by atoms with E-state index in [-0.39, 0.29) is 34.8 Å². The number of amides is 2. The minimum atomic E-state index is -3.75. The second-order valence-electron chi connectivity index (χ2n) is 6.67. The molecular weight excluding hydrogens is 424 g/mol. The van der Waals surface area contributed by atoms with Gasteiger partial charge in [-0.1, -0.05) is 30.3 Å². The number of benzene rings is 2. The van der Waals surface area contributed by atoms with Gasteiger partial charge < -0.3 is 5.32 Å². The molecule has 8 nitrogen and oxygen atoms in total. The first-order valence-electron chi connectivity index (χ1n) is 9.09. The second-order valence-corrected chi connectivity index (χ2v) is 9.25. The number of aromatic nitrogens is 1. The van der Waals surface area contributed by atoms with Crippen LogP contribution in [-0.4, -0.2) is 36.2 Å². The molecule has 10 heteroatoms. The fourth-order valence-electron chi connectivity index (χ4n) is 3.11. The van der Waals surface area contributed by atoms with Crippen molar-refractivity contribution in [2.45, 2.75) is 23.9 Å². The van der Waals surface area contributed by atoms with Crippen molar-refractivity contribution in [2.24, 2.45) is 0 Å². The van der Waals surface area contributed by atoms with Crippen molar-refractivity contribution >= 4 is 44.0 Å². The van der Waals surface area contributed by atoms with Gasteiger partial charge in [0.2, 0.25) is 5.91 Å². The number of imide groups is 1. The van der Waals surface area contributed by atoms with Gasteiger partial charge in [0.05, 0.1) is 17.9 Å². The molecule has 1 aromatic heterocycles. The standard InChI is InChI=1S/C20H18N4O4S2/c25-18-12-17(19(26)24(18)13-14-4-2-1-3-5-14)22-15-6-8-16(9-7-15)30(27,28)23-20-21-10-11-29-20/h1-11,17,22H,12-13H2,(H,21,23)/t17-/m1/s1. The largest absolute Gasteiger partial charge is 0.373 e. The number of carbonyl (C=O) groups is 2. The van der Waals surface area contributed by atoms with E-state index < -0.39 is 16.1 Å². The molecular formula is C20H18N4O4S2.